The number of phenols is 1. The van der Waals surface area contributed by atoms with Crippen LogP contribution in [0.4, 0.5) is 0 Å². The van der Waals surface area contributed by atoms with Gasteiger partial charge in [-0.25, -0.2) is 4.79 Å². The number of esters is 1. The molecule has 0 bridgehead atoms. The lowest BCUT2D eigenvalue weighted by Crippen LogP contribution is -2.52. The zero-order valence-electron chi connectivity index (χ0n) is 11.9. The van der Waals surface area contributed by atoms with E-state index in [0.717, 1.165) is 0 Å². The molecule has 6 heteroatoms. The molecule has 3 N–H and O–H groups in total. The Hall–Kier alpha value is -1.79. The largest absolute Gasteiger partial charge is 0.507 e. The number of aliphatic hydroxyl groups is 2. The van der Waals surface area contributed by atoms with Crippen LogP contribution in [0.2, 0.25) is 0 Å². The second-order valence-electron chi connectivity index (χ2n) is 5.94. The van der Waals surface area contributed by atoms with Crippen LogP contribution < -0.4 is 4.74 Å². The number of methoxy groups -OCH3 is 1. The highest BCUT2D eigenvalue weighted by atomic mass is 16.6. The molecule has 1 aromatic rings. The molecule has 2 aliphatic rings. The maximum absolute atomic E-state index is 12.2. The summed E-state index contributed by atoms with van der Waals surface area (Å²) < 4.78 is 10.6. The number of aliphatic hydroxyl groups excluding tert-OH is 2. The molecule has 0 radical (unpaired) electrons. The number of hydrogen-bond donors (Lipinski definition) is 3. The number of carbonyl (C=O) groups is 1. The van der Waals surface area contributed by atoms with E-state index in [9.17, 15) is 20.1 Å². The first kappa shape index (κ1) is 14.2. The van der Waals surface area contributed by atoms with Gasteiger partial charge in [-0.15, -0.1) is 0 Å². The van der Waals surface area contributed by atoms with Gasteiger partial charge >= 0.3 is 5.97 Å². The van der Waals surface area contributed by atoms with Gasteiger partial charge in [-0.3, -0.25) is 0 Å². The summed E-state index contributed by atoms with van der Waals surface area (Å²) in [4.78, 5) is 12.2. The normalized spacial score (nSPS) is 34.7. The molecule has 1 saturated carbocycles. The number of fused-ring (bicyclic) bond motifs is 3. The van der Waals surface area contributed by atoms with Crippen LogP contribution in [0.25, 0.3) is 0 Å². The average molecular weight is 294 g/mol. The third-order valence-corrected chi connectivity index (χ3v) is 4.54. The summed E-state index contributed by atoms with van der Waals surface area (Å²) in [5.41, 5.74) is -0.194. The van der Waals surface area contributed by atoms with Crippen LogP contribution in [0.3, 0.4) is 0 Å². The Balaban J connectivity index is 2.15. The van der Waals surface area contributed by atoms with E-state index in [0.29, 0.717) is 11.3 Å². The SMILES string of the molecule is COc1cc(O)c2c(c1)[C@H]1C[C@H](O)[C@@H](O)C[C@]1(C)OC2=O. The van der Waals surface area contributed by atoms with Crippen LogP contribution in [0.15, 0.2) is 12.1 Å². The quantitative estimate of drug-likeness (QED) is 0.667. The van der Waals surface area contributed by atoms with Crippen LogP contribution >= 0.6 is 0 Å². The summed E-state index contributed by atoms with van der Waals surface area (Å²) in [5.74, 6) is -0.682. The Morgan fingerprint density at radius 2 is 2.05 bits per heavy atom. The highest BCUT2D eigenvalue weighted by molar-refractivity contribution is 5.96. The maximum Gasteiger partial charge on any atom is 0.342 e. The molecular formula is C15H18O6. The lowest BCUT2D eigenvalue weighted by Gasteiger charge is -2.47. The Bertz CT molecular complexity index is 598. The zero-order chi connectivity index (χ0) is 15.4. The van der Waals surface area contributed by atoms with Crippen molar-refractivity contribution in [2.24, 2.45) is 0 Å². The van der Waals surface area contributed by atoms with E-state index in [4.69, 9.17) is 9.47 Å². The van der Waals surface area contributed by atoms with Crippen LogP contribution in [0, 0.1) is 0 Å². The molecule has 4 atom stereocenters. The predicted molar refractivity (Wildman–Crippen MR) is 72.5 cm³/mol. The molecule has 3 rings (SSSR count). The minimum atomic E-state index is -0.931. The topological polar surface area (TPSA) is 96.2 Å². The summed E-state index contributed by atoms with van der Waals surface area (Å²) in [6, 6.07) is 3.04. The summed E-state index contributed by atoms with van der Waals surface area (Å²) in [6.07, 6.45) is -1.41. The molecule has 1 heterocycles. The fraction of sp³-hybridized carbons (Fsp3) is 0.533. The summed E-state index contributed by atoms with van der Waals surface area (Å²) in [7, 11) is 1.47. The third kappa shape index (κ3) is 2.06. The molecule has 114 valence electrons. The average Bonchev–Trinajstić information content (AvgIpc) is 2.40. The van der Waals surface area contributed by atoms with E-state index in [-0.39, 0.29) is 30.1 Å². The van der Waals surface area contributed by atoms with Crippen molar-refractivity contribution in [2.45, 2.75) is 43.5 Å². The van der Waals surface area contributed by atoms with Gasteiger partial charge in [0.2, 0.25) is 0 Å². The molecule has 0 unspecified atom stereocenters. The number of carbonyl (C=O) groups excluding carboxylic acids is 1. The van der Waals surface area contributed by atoms with Crippen molar-refractivity contribution in [1.82, 2.24) is 0 Å². The Morgan fingerprint density at radius 3 is 2.71 bits per heavy atom. The third-order valence-electron chi connectivity index (χ3n) is 4.54. The van der Waals surface area contributed by atoms with Crippen molar-refractivity contribution in [2.75, 3.05) is 7.11 Å². The van der Waals surface area contributed by atoms with Crippen molar-refractivity contribution in [3.05, 3.63) is 23.3 Å². The molecule has 1 aromatic carbocycles. The van der Waals surface area contributed by atoms with Gasteiger partial charge in [-0.2, -0.15) is 0 Å². The van der Waals surface area contributed by atoms with Crippen molar-refractivity contribution in [3.8, 4) is 11.5 Å². The van der Waals surface area contributed by atoms with Gasteiger partial charge in [-0.05, 0) is 25.0 Å². The number of hydrogen-bond acceptors (Lipinski definition) is 6. The molecule has 1 aliphatic carbocycles. The molecule has 0 saturated heterocycles. The van der Waals surface area contributed by atoms with Gasteiger partial charge in [0.15, 0.2) is 0 Å². The first-order chi connectivity index (χ1) is 9.85. The molecular weight excluding hydrogens is 276 g/mol. The second-order valence-corrected chi connectivity index (χ2v) is 5.94. The number of rotatable bonds is 1. The number of phenolic OH excluding ortho intramolecular Hbond substituents is 1. The van der Waals surface area contributed by atoms with Crippen molar-refractivity contribution in [1.29, 1.82) is 0 Å². The summed E-state index contributed by atoms with van der Waals surface area (Å²) >= 11 is 0. The van der Waals surface area contributed by atoms with Crippen LogP contribution in [0.1, 0.15) is 41.6 Å². The zero-order valence-corrected chi connectivity index (χ0v) is 11.9. The highest BCUT2D eigenvalue weighted by Crippen LogP contribution is 2.50. The molecule has 21 heavy (non-hydrogen) atoms. The molecule has 6 nitrogen and oxygen atoms in total. The first-order valence-corrected chi connectivity index (χ1v) is 6.86. The van der Waals surface area contributed by atoms with Gasteiger partial charge in [0.1, 0.15) is 22.7 Å². The van der Waals surface area contributed by atoms with Crippen molar-refractivity contribution < 1.29 is 29.6 Å². The lowest BCUT2D eigenvalue weighted by molar-refractivity contribution is -0.116. The van der Waals surface area contributed by atoms with Crippen molar-refractivity contribution >= 4 is 5.97 Å². The first-order valence-electron chi connectivity index (χ1n) is 6.86. The number of aromatic hydroxyl groups is 1. The summed E-state index contributed by atoms with van der Waals surface area (Å²) in [6.45, 7) is 1.74. The fourth-order valence-electron chi connectivity index (χ4n) is 3.41. The monoisotopic (exact) mass is 294 g/mol. The Kier molecular flexibility index (Phi) is 3.11. The van der Waals surface area contributed by atoms with Crippen molar-refractivity contribution in [3.63, 3.8) is 0 Å². The Morgan fingerprint density at radius 1 is 1.33 bits per heavy atom. The van der Waals surface area contributed by atoms with Gasteiger partial charge in [-0.1, -0.05) is 0 Å². The van der Waals surface area contributed by atoms with Crippen LogP contribution in [-0.2, 0) is 4.74 Å². The van der Waals surface area contributed by atoms with Gasteiger partial charge < -0.3 is 24.8 Å². The predicted octanol–water partition coefficient (Wildman–Crippen LogP) is 0.929. The minimum Gasteiger partial charge on any atom is -0.507 e. The second kappa shape index (κ2) is 4.61. The van der Waals surface area contributed by atoms with Crippen LogP contribution in [-0.4, -0.2) is 46.2 Å². The van der Waals surface area contributed by atoms with E-state index in [1.807, 2.05) is 0 Å². The molecule has 0 aromatic heterocycles. The van der Waals surface area contributed by atoms with Gasteiger partial charge in [0, 0.05) is 18.4 Å². The van der Waals surface area contributed by atoms with E-state index in [2.05, 4.69) is 0 Å². The van der Waals surface area contributed by atoms with E-state index in [1.165, 1.54) is 13.2 Å². The molecule has 0 spiro atoms. The number of ether oxygens (including phenoxy) is 2. The lowest BCUT2D eigenvalue weighted by atomic mass is 9.68. The van der Waals surface area contributed by atoms with Crippen LogP contribution in [0.5, 0.6) is 11.5 Å². The molecule has 1 fully saturated rings. The molecule has 1 aliphatic heterocycles. The standard InChI is InChI=1S/C15H18O6/c1-15-6-12(18)10(16)5-9(15)8-3-7(20-2)4-11(17)13(8)14(19)21-15/h3-4,9-10,12,16-18H,5-6H2,1-2H3/t9-,10+,12+,15+/m1/s1. The van der Waals surface area contributed by atoms with E-state index in [1.54, 1.807) is 13.0 Å². The van der Waals surface area contributed by atoms with Gasteiger partial charge in [0.25, 0.3) is 0 Å². The smallest absolute Gasteiger partial charge is 0.342 e. The number of benzene rings is 1. The maximum atomic E-state index is 12.2. The van der Waals surface area contributed by atoms with Gasteiger partial charge in [0.05, 0.1) is 19.3 Å². The summed E-state index contributed by atoms with van der Waals surface area (Å²) in [5, 5.41) is 29.8. The fourth-order valence-corrected chi connectivity index (χ4v) is 3.41. The highest BCUT2D eigenvalue weighted by Gasteiger charge is 2.52. The minimum absolute atomic E-state index is 0.113. The molecule has 0 amide bonds. The van der Waals surface area contributed by atoms with E-state index >= 15 is 0 Å². The Labute approximate surface area is 121 Å². The van der Waals surface area contributed by atoms with E-state index < -0.39 is 23.8 Å².